The third kappa shape index (κ3) is 4.33. The molecule has 0 spiro atoms. The van der Waals surface area contributed by atoms with E-state index in [0.29, 0.717) is 12.1 Å². The largest absolute Gasteiger partial charge is 0.478 e. The summed E-state index contributed by atoms with van der Waals surface area (Å²) in [5.74, 6) is -0.900. The molecule has 0 aliphatic heterocycles. The van der Waals surface area contributed by atoms with Gasteiger partial charge in [0.1, 0.15) is 0 Å². The fourth-order valence-corrected chi connectivity index (χ4v) is 2.41. The van der Waals surface area contributed by atoms with Crippen LogP contribution in [0.25, 0.3) is 0 Å². The maximum atomic E-state index is 10.8. The molecule has 0 aliphatic carbocycles. The molecule has 0 bridgehead atoms. The van der Waals surface area contributed by atoms with Gasteiger partial charge in [-0.15, -0.1) is 0 Å². The molecule has 0 radical (unpaired) electrons. The minimum Gasteiger partial charge on any atom is -0.478 e. The van der Waals surface area contributed by atoms with E-state index in [1.165, 1.54) is 5.56 Å². The summed E-state index contributed by atoms with van der Waals surface area (Å²) in [4.78, 5) is 10.8. The molecule has 0 heterocycles. The zero-order valence-electron chi connectivity index (χ0n) is 12.8. The number of carboxylic acid groups (broad SMARTS) is 1. The summed E-state index contributed by atoms with van der Waals surface area (Å²) in [6.45, 7) is 5.87. The molecule has 0 unspecified atom stereocenters. The van der Waals surface area contributed by atoms with Gasteiger partial charge in [0.05, 0.1) is 5.56 Å². The number of rotatable bonds is 6. The van der Waals surface area contributed by atoms with E-state index in [9.17, 15) is 4.79 Å². The van der Waals surface area contributed by atoms with E-state index in [1.807, 2.05) is 36.4 Å². The molecule has 0 saturated carbocycles. The van der Waals surface area contributed by atoms with Crippen molar-refractivity contribution in [3.63, 3.8) is 0 Å². The van der Waals surface area contributed by atoms with E-state index >= 15 is 0 Å². The molecule has 4 heteroatoms. The fraction of sp³-hybridized carbons (Fsp3) is 0.278. The predicted molar refractivity (Wildman–Crippen MR) is 89.6 cm³/mol. The number of nitrogens with one attached hydrogen (secondary N) is 1. The van der Waals surface area contributed by atoms with Gasteiger partial charge in [0, 0.05) is 23.5 Å². The normalized spacial score (nSPS) is 11.4. The van der Waals surface area contributed by atoms with Crippen LogP contribution >= 0.6 is 11.6 Å². The SMILES string of the molecule is CC(C)(CNCc1ccc(C(=O)O)cc1)c1ccc(Cl)cc1. The van der Waals surface area contributed by atoms with Gasteiger partial charge in [-0.1, -0.05) is 49.7 Å². The van der Waals surface area contributed by atoms with E-state index in [2.05, 4.69) is 19.2 Å². The van der Waals surface area contributed by atoms with Gasteiger partial charge in [-0.2, -0.15) is 0 Å². The Bertz CT molecular complexity index is 633. The summed E-state index contributed by atoms with van der Waals surface area (Å²) < 4.78 is 0. The minimum absolute atomic E-state index is 0.00834. The number of hydrogen-bond donors (Lipinski definition) is 2. The number of hydrogen-bond acceptors (Lipinski definition) is 2. The van der Waals surface area contributed by atoms with E-state index in [-0.39, 0.29) is 5.41 Å². The van der Waals surface area contributed by atoms with Crippen molar-refractivity contribution in [2.75, 3.05) is 6.54 Å². The Morgan fingerprint density at radius 2 is 1.68 bits per heavy atom. The van der Waals surface area contributed by atoms with Crippen molar-refractivity contribution in [3.8, 4) is 0 Å². The van der Waals surface area contributed by atoms with Crippen LogP contribution < -0.4 is 5.32 Å². The Hall–Kier alpha value is -1.84. The van der Waals surface area contributed by atoms with Crippen LogP contribution in [-0.4, -0.2) is 17.6 Å². The fourth-order valence-electron chi connectivity index (χ4n) is 2.29. The van der Waals surface area contributed by atoms with Crippen LogP contribution in [0.1, 0.15) is 35.3 Å². The lowest BCUT2D eigenvalue weighted by atomic mass is 9.84. The van der Waals surface area contributed by atoms with Crippen molar-refractivity contribution in [2.24, 2.45) is 0 Å². The molecule has 2 aromatic rings. The van der Waals surface area contributed by atoms with Crippen LogP contribution in [0.5, 0.6) is 0 Å². The molecule has 2 rings (SSSR count). The van der Waals surface area contributed by atoms with Crippen LogP contribution in [-0.2, 0) is 12.0 Å². The monoisotopic (exact) mass is 317 g/mol. The van der Waals surface area contributed by atoms with Crippen molar-refractivity contribution in [2.45, 2.75) is 25.8 Å². The van der Waals surface area contributed by atoms with Crippen LogP contribution in [0, 0.1) is 0 Å². The molecule has 0 atom stereocenters. The number of benzene rings is 2. The maximum Gasteiger partial charge on any atom is 0.335 e. The van der Waals surface area contributed by atoms with E-state index in [4.69, 9.17) is 16.7 Å². The van der Waals surface area contributed by atoms with Gasteiger partial charge in [-0.3, -0.25) is 0 Å². The summed E-state index contributed by atoms with van der Waals surface area (Å²) in [5.41, 5.74) is 2.60. The molecule has 22 heavy (non-hydrogen) atoms. The highest BCUT2D eigenvalue weighted by Crippen LogP contribution is 2.24. The Labute approximate surface area is 135 Å². The second-order valence-electron chi connectivity index (χ2n) is 6.00. The lowest BCUT2D eigenvalue weighted by molar-refractivity contribution is 0.0697. The second kappa shape index (κ2) is 6.95. The summed E-state index contributed by atoms with van der Waals surface area (Å²) in [6, 6.07) is 14.8. The lowest BCUT2D eigenvalue weighted by Crippen LogP contribution is -2.32. The number of halogens is 1. The van der Waals surface area contributed by atoms with Crippen molar-refractivity contribution in [3.05, 3.63) is 70.2 Å². The average molecular weight is 318 g/mol. The van der Waals surface area contributed by atoms with Gasteiger partial charge in [0.2, 0.25) is 0 Å². The van der Waals surface area contributed by atoms with Gasteiger partial charge < -0.3 is 10.4 Å². The van der Waals surface area contributed by atoms with Crippen molar-refractivity contribution >= 4 is 17.6 Å². The van der Waals surface area contributed by atoms with Crippen LogP contribution in [0.4, 0.5) is 0 Å². The van der Waals surface area contributed by atoms with E-state index < -0.39 is 5.97 Å². The van der Waals surface area contributed by atoms with Gasteiger partial charge in [0.25, 0.3) is 0 Å². The number of aromatic carboxylic acids is 1. The topological polar surface area (TPSA) is 49.3 Å². The number of carboxylic acids is 1. The van der Waals surface area contributed by atoms with E-state index in [1.54, 1.807) is 12.1 Å². The molecule has 0 fully saturated rings. The standard InChI is InChI=1S/C18H20ClNO2/c1-18(2,15-7-9-16(19)10-8-15)12-20-11-13-3-5-14(6-4-13)17(21)22/h3-10,20H,11-12H2,1-2H3,(H,21,22). The lowest BCUT2D eigenvalue weighted by Gasteiger charge is -2.26. The Morgan fingerprint density at radius 1 is 1.09 bits per heavy atom. The summed E-state index contributed by atoms with van der Waals surface area (Å²) in [6.07, 6.45) is 0. The maximum absolute atomic E-state index is 10.8. The first-order valence-corrected chi connectivity index (χ1v) is 7.55. The smallest absolute Gasteiger partial charge is 0.335 e. The molecule has 3 nitrogen and oxygen atoms in total. The van der Waals surface area contributed by atoms with Crippen molar-refractivity contribution < 1.29 is 9.90 Å². The summed E-state index contributed by atoms with van der Waals surface area (Å²) in [5, 5.41) is 13.0. The Kier molecular flexibility index (Phi) is 5.22. The molecular weight excluding hydrogens is 298 g/mol. The molecule has 0 saturated heterocycles. The molecule has 0 aromatic heterocycles. The first-order chi connectivity index (χ1) is 10.4. The van der Waals surface area contributed by atoms with E-state index in [0.717, 1.165) is 17.1 Å². The molecule has 0 aliphatic rings. The molecule has 116 valence electrons. The van der Waals surface area contributed by atoms with Crippen LogP contribution in [0.2, 0.25) is 5.02 Å². The highest BCUT2D eigenvalue weighted by molar-refractivity contribution is 6.30. The summed E-state index contributed by atoms with van der Waals surface area (Å²) >= 11 is 5.92. The molecule has 2 aromatic carbocycles. The highest BCUT2D eigenvalue weighted by Gasteiger charge is 2.19. The quantitative estimate of drug-likeness (QED) is 0.843. The Morgan fingerprint density at radius 3 is 2.23 bits per heavy atom. The zero-order chi connectivity index (χ0) is 16.2. The van der Waals surface area contributed by atoms with Gasteiger partial charge in [0.15, 0.2) is 0 Å². The van der Waals surface area contributed by atoms with Crippen LogP contribution in [0.15, 0.2) is 48.5 Å². The average Bonchev–Trinajstić information content (AvgIpc) is 2.48. The third-order valence-electron chi connectivity index (χ3n) is 3.72. The molecule has 2 N–H and O–H groups in total. The van der Waals surface area contributed by atoms with Crippen molar-refractivity contribution in [1.29, 1.82) is 0 Å². The van der Waals surface area contributed by atoms with Gasteiger partial charge in [-0.05, 0) is 35.4 Å². The minimum atomic E-state index is -0.900. The molecular formula is C18H20ClNO2. The third-order valence-corrected chi connectivity index (χ3v) is 3.97. The van der Waals surface area contributed by atoms with Gasteiger partial charge in [-0.25, -0.2) is 4.79 Å². The highest BCUT2D eigenvalue weighted by atomic mass is 35.5. The summed E-state index contributed by atoms with van der Waals surface area (Å²) in [7, 11) is 0. The second-order valence-corrected chi connectivity index (χ2v) is 6.43. The van der Waals surface area contributed by atoms with Gasteiger partial charge >= 0.3 is 5.97 Å². The van der Waals surface area contributed by atoms with Crippen molar-refractivity contribution in [1.82, 2.24) is 5.32 Å². The predicted octanol–water partition coefficient (Wildman–Crippen LogP) is 4.11. The Balaban J connectivity index is 1.92. The molecule has 0 amide bonds. The number of carbonyl (C=O) groups is 1. The van der Waals surface area contributed by atoms with Crippen LogP contribution in [0.3, 0.4) is 0 Å². The first kappa shape index (κ1) is 16.5. The zero-order valence-corrected chi connectivity index (χ0v) is 13.5. The first-order valence-electron chi connectivity index (χ1n) is 7.17.